The van der Waals surface area contributed by atoms with Gasteiger partial charge in [0.1, 0.15) is 5.01 Å². The van der Waals surface area contributed by atoms with Gasteiger partial charge in [0.05, 0.1) is 7.11 Å². The number of hydrogen-bond acceptors (Lipinski definition) is 6. The zero-order valence-electron chi connectivity index (χ0n) is 8.05. The number of ether oxygens (including phenoxy) is 1. The van der Waals surface area contributed by atoms with Crippen LogP contribution in [0.25, 0.3) is 4.96 Å². The number of aromatic nitrogens is 3. The van der Waals surface area contributed by atoms with Gasteiger partial charge in [-0.2, -0.15) is 14.6 Å². The van der Waals surface area contributed by atoms with E-state index in [1.54, 1.807) is 6.92 Å². The summed E-state index contributed by atoms with van der Waals surface area (Å²) in [4.78, 5) is 26.6. The summed E-state index contributed by atoms with van der Waals surface area (Å²) in [6.07, 6.45) is 0. The molecule has 0 bridgehead atoms. The van der Waals surface area contributed by atoms with Gasteiger partial charge in [0.25, 0.3) is 5.56 Å². The first-order valence-electron chi connectivity index (χ1n) is 4.07. The molecule has 0 aliphatic heterocycles. The van der Waals surface area contributed by atoms with E-state index in [1.165, 1.54) is 23.0 Å². The summed E-state index contributed by atoms with van der Waals surface area (Å²) in [6, 6.07) is 1.11. The van der Waals surface area contributed by atoms with Gasteiger partial charge >= 0.3 is 5.97 Å². The third-order valence-electron chi connectivity index (χ3n) is 1.75. The van der Waals surface area contributed by atoms with E-state index >= 15 is 0 Å². The van der Waals surface area contributed by atoms with Crippen LogP contribution < -0.4 is 5.56 Å². The van der Waals surface area contributed by atoms with Crippen molar-refractivity contribution in [1.29, 1.82) is 0 Å². The van der Waals surface area contributed by atoms with Gasteiger partial charge in [-0.05, 0) is 6.92 Å². The molecule has 15 heavy (non-hydrogen) atoms. The molecule has 0 saturated carbocycles. The maximum atomic E-state index is 11.3. The van der Waals surface area contributed by atoms with Crippen LogP contribution in [-0.4, -0.2) is 27.7 Å². The molecule has 0 aliphatic carbocycles. The van der Waals surface area contributed by atoms with Crippen molar-refractivity contribution in [3.63, 3.8) is 0 Å². The molecule has 0 N–H and O–H groups in total. The molecule has 0 unspecified atom stereocenters. The number of aryl methyl sites for hydroxylation is 1. The van der Waals surface area contributed by atoms with Gasteiger partial charge in [-0.15, -0.1) is 0 Å². The third kappa shape index (κ3) is 1.61. The van der Waals surface area contributed by atoms with Crippen LogP contribution in [-0.2, 0) is 4.74 Å². The van der Waals surface area contributed by atoms with Crippen LogP contribution in [0, 0.1) is 6.92 Å². The second kappa shape index (κ2) is 3.43. The summed E-state index contributed by atoms with van der Waals surface area (Å²) >= 11 is 1.24. The van der Waals surface area contributed by atoms with Crippen LogP contribution >= 0.6 is 11.3 Å². The summed E-state index contributed by atoms with van der Waals surface area (Å²) in [5.41, 5.74) is -0.379. The van der Waals surface area contributed by atoms with Crippen molar-refractivity contribution in [3.8, 4) is 0 Å². The number of esters is 1. The number of carbonyl (C=O) groups excluding carboxylic acids is 1. The van der Waals surface area contributed by atoms with E-state index in [9.17, 15) is 9.59 Å². The second-order valence-electron chi connectivity index (χ2n) is 2.79. The molecular formula is C8H7N3O3S. The summed E-state index contributed by atoms with van der Waals surface area (Å²) in [5, 5.41) is 4.78. The molecule has 0 radical (unpaired) electrons. The molecule has 2 rings (SSSR count). The summed E-state index contributed by atoms with van der Waals surface area (Å²) in [6.45, 7) is 1.77. The minimum Gasteiger partial charge on any atom is -0.464 e. The molecule has 0 saturated heterocycles. The minimum atomic E-state index is -0.602. The highest BCUT2D eigenvalue weighted by atomic mass is 32.1. The highest BCUT2D eigenvalue weighted by Gasteiger charge is 2.14. The molecule has 78 valence electrons. The molecule has 0 aliphatic rings. The number of hydrogen-bond donors (Lipinski definition) is 0. The van der Waals surface area contributed by atoms with E-state index in [0.29, 0.717) is 4.96 Å². The zero-order chi connectivity index (χ0) is 11.0. The SMILES string of the molecule is COC(=O)c1cc(=O)nc2sc(C)nn12. The Kier molecular flexibility index (Phi) is 2.24. The van der Waals surface area contributed by atoms with Gasteiger partial charge in [0, 0.05) is 6.07 Å². The number of rotatable bonds is 1. The first-order chi connectivity index (χ1) is 7.11. The average molecular weight is 225 g/mol. The van der Waals surface area contributed by atoms with E-state index < -0.39 is 11.5 Å². The zero-order valence-corrected chi connectivity index (χ0v) is 8.87. The monoisotopic (exact) mass is 225 g/mol. The Morgan fingerprint density at radius 2 is 2.33 bits per heavy atom. The van der Waals surface area contributed by atoms with Gasteiger partial charge < -0.3 is 4.74 Å². The Balaban J connectivity index is 2.81. The van der Waals surface area contributed by atoms with Crippen LogP contribution in [0.3, 0.4) is 0 Å². The highest BCUT2D eigenvalue weighted by Crippen LogP contribution is 2.11. The lowest BCUT2D eigenvalue weighted by molar-refractivity contribution is 0.0590. The predicted octanol–water partition coefficient (Wildman–Crippen LogP) is 0.246. The molecule has 0 aromatic carbocycles. The van der Waals surface area contributed by atoms with Gasteiger partial charge in [0.2, 0.25) is 4.96 Å². The normalized spacial score (nSPS) is 10.5. The lowest BCUT2D eigenvalue weighted by Gasteiger charge is -1.99. The van der Waals surface area contributed by atoms with Gasteiger partial charge in [0.15, 0.2) is 5.69 Å². The molecule has 0 atom stereocenters. The smallest absolute Gasteiger partial charge is 0.357 e. The number of carbonyl (C=O) groups is 1. The van der Waals surface area contributed by atoms with Crippen LogP contribution in [0.1, 0.15) is 15.5 Å². The Morgan fingerprint density at radius 3 is 3.00 bits per heavy atom. The van der Waals surface area contributed by atoms with E-state index in [2.05, 4.69) is 14.8 Å². The fourth-order valence-corrected chi connectivity index (χ4v) is 1.91. The van der Waals surface area contributed by atoms with Gasteiger partial charge in [-0.3, -0.25) is 4.79 Å². The van der Waals surface area contributed by atoms with Crippen molar-refractivity contribution in [2.24, 2.45) is 0 Å². The summed E-state index contributed by atoms with van der Waals surface area (Å²) in [5.74, 6) is -0.602. The number of fused-ring (bicyclic) bond motifs is 1. The first kappa shape index (κ1) is 9.78. The highest BCUT2D eigenvalue weighted by molar-refractivity contribution is 7.16. The van der Waals surface area contributed by atoms with E-state index in [1.807, 2.05) is 0 Å². The van der Waals surface area contributed by atoms with E-state index in [0.717, 1.165) is 11.1 Å². The Bertz CT molecular complexity index is 586. The van der Waals surface area contributed by atoms with Gasteiger partial charge in [-0.25, -0.2) is 4.79 Å². The lowest BCUT2D eigenvalue weighted by atomic mass is 10.4. The van der Waals surface area contributed by atoms with Crippen LogP contribution in [0.5, 0.6) is 0 Å². The van der Waals surface area contributed by atoms with Crippen molar-refractivity contribution in [1.82, 2.24) is 14.6 Å². The molecule has 0 amide bonds. The first-order valence-corrected chi connectivity index (χ1v) is 4.89. The molecule has 6 nitrogen and oxygen atoms in total. The molecule has 0 spiro atoms. The fourth-order valence-electron chi connectivity index (χ4n) is 1.16. The Labute approximate surface area is 88.1 Å². The summed E-state index contributed by atoms with van der Waals surface area (Å²) in [7, 11) is 1.25. The maximum Gasteiger partial charge on any atom is 0.357 e. The van der Waals surface area contributed by atoms with Crippen LogP contribution in [0.4, 0.5) is 0 Å². The topological polar surface area (TPSA) is 73.6 Å². The standard InChI is InChI=1S/C8H7N3O3S/c1-4-10-11-5(7(13)14-2)3-6(12)9-8(11)15-4/h3H,1-2H3. The Morgan fingerprint density at radius 1 is 1.60 bits per heavy atom. The van der Waals surface area contributed by atoms with Gasteiger partial charge in [-0.1, -0.05) is 11.3 Å². The quantitative estimate of drug-likeness (QED) is 0.650. The second-order valence-corrected chi connectivity index (χ2v) is 3.95. The molecule has 0 fully saturated rings. The Hall–Kier alpha value is -1.76. The van der Waals surface area contributed by atoms with Crippen LogP contribution in [0.15, 0.2) is 10.9 Å². The number of nitrogens with zero attached hydrogens (tertiary/aromatic N) is 3. The van der Waals surface area contributed by atoms with Crippen molar-refractivity contribution >= 4 is 22.3 Å². The van der Waals surface area contributed by atoms with E-state index in [-0.39, 0.29) is 5.69 Å². The fraction of sp³-hybridized carbons (Fsp3) is 0.250. The average Bonchev–Trinajstić information content (AvgIpc) is 2.55. The lowest BCUT2D eigenvalue weighted by Crippen LogP contribution is -2.16. The molecule has 7 heteroatoms. The van der Waals surface area contributed by atoms with E-state index in [4.69, 9.17) is 0 Å². The van der Waals surface area contributed by atoms with Crippen molar-refractivity contribution in [2.45, 2.75) is 6.92 Å². The van der Waals surface area contributed by atoms with Crippen molar-refractivity contribution < 1.29 is 9.53 Å². The molecular weight excluding hydrogens is 218 g/mol. The number of methoxy groups -OCH3 is 1. The third-order valence-corrected chi connectivity index (χ3v) is 2.57. The molecule has 2 aromatic heterocycles. The molecule has 2 aromatic rings. The van der Waals surface area contributed by atoms with Crippen LogP contribution in [0.2, 0.25) is 0 Å². The maximum absolute atomic E-state index is 11.3. The molecule has 2 heterocycles. The predicted molar refractivity (Wildman–Crippen MR) is 53.2 cm³/mol. The van der Waals surface area contributed by atoms with Crippen molar-refractivity contribution in [3.05, 3.63) is 27.1 Å². The largest absolute Gasteiger partial charge is 0.464 e. The van der Waals surface area contributed by atoms with Crippen molar-refractivity contribution in [2.75, 3.05) is 7.11 Å². The summed E-state index contributed by atoms with van der Waals surface area (Å²) < 4.78 is 5.86. The minimum absolute atomic E-state index is 0.0943.